The van der Waals surface area contributed by atoms with Crippen molar-refractivity contribution in [1.82, 2.24) is 0 Å². The molecule has 0 aliphatic rings. The lowest BCUT2D eigenvalue weighted by atomic mass is 10.1. The summed E-state index contributed by atoms with van der Waals surface area (Å²) in [7, 11) is 0. The molecule has 0 bridgehead atoms. The molecule has 1 rings (SSSR count). The molecular formula is C8H10FNO. The lowest BCUT2D eigenvalue weighted by Gasteiger charge is -2.00. The summed E-state index contributed by atoms with van der Waals surface area (Å²) < 4.78 is 12.8. The van der Waals surface area contributed by atoms with Gasteiger partial charge in [-0.2, -0.15) is 0 Å². The van der Waals surface area contributed by atoms with Gasteiger partial charge in [0, 0.05) is 1.43 Å². The van der Waals surface area contributed by atoms with Gasteiger partial charge >= 0.3 is 0 Å². The Hall–Kier alpha value is -1.38. The molecule has 0 fully saturated rings. The quantitative estimate of drug-likeness (QED) is 0.655. The number of amides is 1. The summed E-state index contributed by atoms with van der Waals surface area (Å²) in [6.45, 7) is 1.64. The Kier molecular flexibility index (Phi) is 1.89. The smallest absolute Gasteiger partial charge is 0.251 e. The molecule has 11 heavy (non-hydrogen) atoms. The highest BCUT2D eigenvalue weighted by Crippen LogP contribution is 2.10. The lowest BCUT2D eigenvalue weighted by molar-refractivity contribution is 0.0996. The molecule has 0 aromatic heterocycles. The van der Waals surface area contributed by atoms with Crippen LogP contribution in [0.15, 0.2) is 18.2 Å². The average Bonchev–Trinajstić information content (AvgIpc) is 1.85. The lowest BCUT2D eigenvalue weighted by Crippen LogP contribution is -2.14. The van der Waals surface area contributed by atoms with Crippen LogP contribution in [0, 0.1) is 12.7 Å². The molecule has 0 aliphatic heterocycles. The van der Waals surface area contributed by atoms with E-state index in [2.05, 4.69) is 0 Å². The van der Waals surface area contributed by atoms with Gasteiger partial charge in [0.1, 0.15) is 5.82 Å². The summed E-state index contributed by atoms with van der Waals surface area (Å²) in [4.78, 5) is 10.6. The van der Waals surface area contributed by atoms with Crippen molar-refractivity contribution in [2.75, 3.05) is 0 Å². The van der Waals surface area contributed by atoms with E-state index in [4.69, 9.17) is 5.73 Å². The molecule has 0 heterocycles. The summed E-state index contributed by atoms with van der Waals surface area (Å²) in [6, 6.07) is 4.40. The van der Waals surface area contributed by atoms with E-state index < -0.39 is 11.7 Å². The molecule has 0 radical (unpaired) electrons. The SMILES string of the molecule is Cc1cccc(F)c1C(N)=O.[HH]. The molecule has 0 unspecified atom stereocenters. The Labute approximate surface area is 65.3 Å². The van der Waals surface area contributed by atoms with Gasteiger partial charge in [-0.25, -0.2) is 4.39 Å². The summed E-state index contributed by atoms with van der Waals surface area (Å²) in [5, 5.41) is 0. The summed E-state index contributed by atoms with van der Waals surface area (Å²) in [5.74, 6) is -1.28. The highest BCUT2D eigenvalue weighted by molar-refractivity contribution is 5.94. The highest BCUT2D eigenvalue weighted by atomic mass is 19.1. The van der Waals surface area contributed by atoms with Crippen molar-refractivity contribution in [3.63, 3.8) is 0 Å². The van der Waals surface area contributed by atoms with Crippen LogP contribution in [0.5, 0.6) is 0 Å². The Balaban J connectivity index is 0.00000121. The van der Waals surface area contributed by atoms with Crippen LogP contribution in [0.4, 0.5) is 4.39 Å². The Morgan fingerprint density at radius 1 is 1.64 bits per heavy atom. The molecule has 0 saturated carbocycles. The van der Waals surface area contributed by atoms with Crippen LogP contribution < -0.4 is 5.73 Å². The second-order valence-corrected chi connectivity index (χ2v) is 2.30. The predicted molar refractivity (Wildman–Crippen MR) is 41.8 cm³/mol. The Bertz CT molecular complexity index is 281. The van der Waals surface area contributed by atoms with Crippen molar-refractivity contribution < 1.29 is 10.6 Å². The number of aryl methyl sites for hydroxylation is 1. The Morgan fingerprint density at radius 2 is 2.27 bits per heavy atom. The number of nitrogens with two attached hydrogens (primary N) is 1. The van der Waals surface area contributed by atoms with Gasteiger partial charge in [-0.05, 0) is 18.6 Å². The molecule has 1 aromatic carbocycles. The third kappa shape index (κ3) is 1.37. The minimum absolute atomic E-state index is 0. The molecule has 1 aromatic rings. The van der Waals surface area contributed by atoms with Crippen LogP contribution in [0.3, 0.4) is 0 Å². The van der Waals surface area contributed by atoms with Gasteiger partial charge in [0.25, 0.3) is 5.91 Å². The number of carbonyl (C=O) groups excluding carboxylic acids is 1. The molecule has 0 atom stereocenters. The van der Waals surface area contributed by atoms with E-state index in [0.717, 1.165) is 0 Å². The van der Waals surface area contributed by atoms with E-state index in [0.29, 0.717) is 5.56 Å². The number of hydrogen-bond acceptors (Lipinski definition) is 1. The van der Waals surface area contributed by atoms with Crippen LogP contribution in [-0.4, -0.2) is 5.91 Å². The molecule has 2 nitrogen and oxygen atoms in total. The highest BCUT2D eigenvalue weighted by Gasteiger charge is 2.09. The van der Waals surface area contributed by atoms with Crippen LogP contribution >= 0.6 is 0 Å². The minimum atomic E-state index is -0.722. The maximum absolute atomic E-state index is 12.8. The summed E-state index contributed by atoms with van der Waals surface area (Å²) in [5.41, 5.74) is 5.48. The van der Waals surface area contributed by atoms with Crippen molar-refractivity contribution in [3.8, 4) is 0 Å². The molecular weight excluding hydrogens is 145 g/mol. The average molecular weight is 155 g/mol. The first-order valence-electron chi connectivity index (χ1n) is 3.18. The predicted octanol–water partition coefficient (Wildman–Crippen LogP) is 1.48. The van der Waals surface area contributed by atoms with Gasteiger partial charge in [-0.15, -0.1) is 0 Å². The number of primary amides is 1. The van der Waals surface area contributed by atoms with Crippen LogP contribution in [0.1, 0.15) is 17.3 Å². The van der Waals surface area contributed by atoms with Crippen molar-refractivity contribution in [1.29, 1.82) is 0 Å². The first-order chi connectivity index (χ1) is 5.13. The van der Waals surface area contributed by atoms with Crippen LogP contribution in [0.2, 0.25) is 0 Å². The number of halogens is 1. The standard InChI is InChI=1S/C8H8FNO.H2/c1-5-3-2-4-6(9)7(5)8(10)11;/h2-4H,1H3,(H2,10,11);1H. The second-order valence-electron chi connectivity index (χ2n) is 2.30. The van der Waals surface area contributed by atoms with E-state index >= 15 is 0 Å². The van der Waals surface area contributed by atoms with Gasteiger partial charge in [0.2, 0.25) is 0 Å². The van der Waals surface area contributed by atoms with Gasteiger partial charge in [0.15, 0.2) is 0 Å². The van der Waals surface area contributed by atoms with Crippen LogP contribution in [0.25, 0.3) is 0 Å². The number of benzene rings is 1. The fraction of sp³-hybridized carbons (Fsp3) is 0.125. The fourth-order valence-electron chi connectivity index (χ4n) is 0.944. The topological polar surface area (TPSA) is 43.1 Å². The fourth-order valence-corrected chi connectivity index (χ4v) is 0.944. The maximum Gasteiger partial charge on any atom is 0.251 e. The van der Waals surface area contributed by atoms with Crippen molar-refractivity contribution in [2.24, 2.45) is 5.73 Å². The molecule has 2 N–H and O–H groups in total. The van der Waals surface area contributed by atoms with Gasteiger partial charge in [-0.1, -0.05) is 12.1 Å². The van der Waals surface area contributed by atoms with E-state index in [1.807, 2.05) is 0 Å². The molecule has 1 amide bonds. The maximum atomic E-state index is 12.8. The Morgan fingerprint density at radius 3 is 2.64 bits per heavy atom. The van der Waals surface area contributed by atoms with E-state index in [9.17, 15) is 9.18 Å². The van der Waals surface area contributed by atoms with E-state index in [1.165, 1.54) is 12.1 Å². The molecule has 0 spiro atoms. The van der Waals surface area contributed by atoms with Crippen molar-refractivity contribution >= 4 is 5.91 Å². The zero-order valence-electron chi connectivity index (χ0n) is 6.10. The molecule has 0 saturated heterocycles. The normalized spacial score (nSPS) is 9.64. The molecule has 60 valence electrons. The largest absolute Gasteiger partial charge is 0.365 e. The number of rotatable bonds is 1. The summed E-state index contributed by atoms with van der Waals surface area (Å²) >= 11 is 0. The van der Waals surface area contributed by atoms with Gasteiger partial charge in [0.05, 0.1) is 5.56 Å². The van der Waals surface area contributed by atoms with E-state index in [1.54, 1.807) is 13.0 Å². The number of hydrogen-bond donors (Lipinski definition) is 1. The first kappa shape index (κ1) is 7.72. The second kappa shape index (κ2) is 2.70. The number of carbonyl (C=O) groups is 1. The summed E-state index contributed by atoms with van der Waals surface area (Å²) in [6.07, 6.45) is 0. The monoisotopic (exact) mass is 155 g/mol. The minimum Gasteiger partial charge on any atom is -0.365 e. The van der Waals surface area contributed by atoms with Gasteiger partial charge in [-0.3, -0.25) is 4.79 Å². The van der Waals surface area contributed by atoms with Crippen molar-refractivity contribution in [3.05, 3.63) is 35.1 Å². The van der Waals surface area contributed by atoms with Crippen LogP contribution in [-0.2, 0) is 0 Å². The van der Waals surface area contributed by atoms with Crippen molar-refractivity contribution in [2.45, 2.75) is 6.92 Å². The third-order valence-corrected chi connectivity index (χ3v) is 1.47. The third-order valence-electron chi connectivity index (χ3n) is 1.47. The molecule has 0 aliphatic carbocycles. The zero-order valence-corrected chi connectivity index (χ0v) is 6.10. The van der Waals surface area contributed by atoms with Gasteiger partial charge < -0.3 is 5.73 Å². The first-order valence-corrected chi connectivity index (χ1v) is 3.18. The van der Waals surface area contributed by atoms with E-state index in [-0.39, 0.29) is 6.99 Å². The zero-order chi connectivity index (χ0) is 8.43. The molecule has 3 heteroatoms.